The Morgan fingerprint density at radius 1 is 1.33 bits per heavy atom. The van der Waals surface area contributed by atoms with Crippen molar-refractivity contribution < 1.29 is 0 Å². The smallest absolute Gasteiger partial charge is 0.0863 e. The molecule has 5 heteroatoms. The summed E-state index contributed by atoms with van der Waals surface area (Å²) in [5.74, 6) is 0. The molecule has 0 radical (unpaired) electrons. The first-order valence-corrected chi connectivity index (χ1v) is 7.54. The quantitative estimate of drug-likeness (QED) is 0.742. The highest BCUT2D eigenvalue weighted by atomic mass is 35.5. The van der Waals surface area contributed by atoms with Crippen LogP contribution in [0.4, 0.5) is 0 Å². The number of rotatable bonds is 8. The summed E-state index contributed by atoms with van der Waals surface area (Å²) < 4.78 is 1.97. The lowest BCUT2D eigenvalue weighted by Gasteiger charge is -2.10. The third-order valence-corrected chi connectivity index (χ3v) is 3.76. The maximum Gasteiger partial charge on any atom is 0.0863 e. The summed E-state index contributed by atoms with van der Waals surface area (Å²) in [6, 6.07) is 0. The molecule has 0 amide bonds. The minimum Gasteiger partial charge on any atom is -0.310 e. The van der Waals surface area contributed by atoms with Crippen molar-refractivity contribution in [3.8, 4) is 0 Å². The van der Waals surface area contributed by atoms with E-state index in [2.05, 4.69) is 31.2 Å². The maximum atomic E-state index is 6.33. The van der Waals surface area contributed by atoms with Crippen molar-refractivity contribution in [1.29, 1.82) is 0 Å². The largest absolute Gasteiger partial charge is 0.310 e. The molecular formula is C13H23Cl2N3. The van der Waals surface area contributed by atoms with E-state index in [1.165, 1.54) is 0 Å². The van der Waals surface area contributed by atoms with Crippen molar-refractivity contribution in [2.75, 3.05) is 6.54 Å². The van der Waals surface area contributed by atoms with Gasteiger partial charge in [-0.15, -0.1) is 11.6 Å². The Morgan fingerprint density at radius 3 is 2.61 bits per heavy atom. The standard InChI is InChI=1S/C13H23Cl2N3/c1-4-7-10(14)8-16-9-12-13(15)11(5-2)17-18(12)6-3/h10,16H,4-9H2,1-3H3. The van der Waals surface area contributed by atoms with E-state index in [0.29, 0.717) is 0 Å². The van der Waals surface area contributed by atoms with E-state index in [-0.39, 0.29) is 5.38 Å². The topological polar surface area (TPSA) is 29.9 Å². The molecule has 0 aromatic carbocycles. The highest BCUT2D eigenvalue weighted by Crippen LogP contribution is 2.21. The molecule has 0 aliphatic heterocycles. The number of nitrogens with one attached hydrogen (secondary N) is 1. The van der Waals surface area contributed by atoms with Crippen LogP contribution < -0.4 is 5.32 Å². The summed E-state index contributed by atoms with van der Waals surface area (Å²) in [5, 5.41) is 8.85. The van der Waals surface area contributed by atoms with Crippen LogP contribution >= 0.6 is 23.2 Å². The van der Waals surface area contributed by atoms with Crippen molar-refractivity contribution in [2.45, 2.75) is 58.5 Å². The van der Waals surface area contributed by atoms with Gasteiger partial charge in [-0.2, -0.15) is 5.10 Å². The first kappa shape index (κ1) is 15.8. The second-order valence-electron chi connectivity index (χ2n) is 4.39. The van der Waals surface area contributed by atoms with E-state index < -0.39 is 0 Å². The number of hydrogen-bond donors (Lipinski definition) is 1. The van der Waals surface area contributed by atoms with E-state index in [1.54, 1.807) is 0 Å². The highest BCUT2D eigenvalue weighted by Gasteiger charge is 2.14. The van der Waals surface area contributed by atoms with Gasteiger partial charge in [-0.1, -0.05) is 31.9 Å². The van der Waals surface area contributed by atoms with Crippen LogP contribution in [0.1, 0.15) is 45.0 Å². The van der Waals surface area contributed by atoms with Crippen LogP contribution in [0.25, 0.3) is 0 Å². The van der Waals surface area contributed by atoms with Crippen LogP contribution in [-0.2, 0) is 19.5 Å². The maximum absolute atomic E-state index is 6.33. The Bertz CT molecular complexity index is 363. The Morgan fingerprint density at radius 2 is 2.06 bits per heavy atom. The van der Waals surface area contributed by atoms with Crippen LogP contribution in [-0.4, -0.2) is 21.7 Å². The predicted octanol–water partition coefficient (Wildman–Crippen LogP) is 3.62. The van der Waals surface area contributed by atoms with Crippen molar-refractivity contribution in [1.82, 2.24) is 15.1 Å². The van der Waals surface area contributed by atoms with E-state index in [0.717, 1.165) is 55.3 Å². The second-order valence-corrected chi connectivity index (χ2v) is 5.39. The van der Waals surface area contributed by atoms with Crippen LogP contribution in [0.3, 0.4) is 0 Å². The predicted molar refractivity (Wildman–Crippen MR) is 78.5 cm³/mol. The Hall–Kier alpha value is -0.250. The van der Waals surface area contributed by atoms with Gasteiger partial charge in [0.25, 0.3) is 0 Å². The van der Waals surface area contributed by atoms with Crippen LogP contribution in [0, 0.1) is 0 Å². The zero-order valence-electron chi connectivity index (χ0n) is 11.5. The molecule has 3 nitrogen and oxygen atoms in total. The van der Waals surface area contributed by atoms with Gasteiger partial charge in [0.2, 0.25) is 0 Å². The summed E-state index contributed by atoms with van der Waals surface area (Å²) in [6.45, 7) is 8.67. The van der Waals surface area contributed by atoms with E-state index >= 15 is 0 Å². The number of alkyl halides is 1. The number of hydrogen-bond acceptors (Lipinski definition) is 2. The molecular weight excluding hydrogens is 269 g/mol. The minimum absolute atomic E-state index is 0.192. The minimum atomic E-state index is 0.192. The average molecular weight is 292 g/mol. The molecule has 0 aliphatic carbocycles. The molecule has 1 N–H and O–H groups in total. The molecule has 1 rings (SSSR count). The molecule has 18 heavy (non-hydrogen) atoms. The van der Waals surface area contributed by atoms with E-state index in [1.807, 2.05) is 4.68 Å². The zero-order chi connectivity index (χ0) is 13.5. The second kappa shape index (κ2) is 8.03. The van der Waals surface area contributed by atoms with Crippen molar-refractivity contribution >= 4 is 23.2 Å². The van der Waals surface area contributed by atoms with E-state index in [9.17, 15) is 0 Å². The molecule has 0 aliphatic rings. The summed E-state index contributed by atoms with van der Waals surface area (Å²) in [4.78, 5) is 0. The third kappa shape index (κ3) is 4.15. The summed E-state index contributed by atoms with van der Waals surface area (Å²) in [7, 11) is 0. The lowest BCUT2D eigenvalue weighted by molar-refractivity contribution is 0.564. The summed E-state index contributed by atoms with van der Waals surface area (Å²) in [6.07, 6.45) is 3.02. The molecule has 0 saturated heterocycles. The van der Waals surface area contributed by atoms with Gasteiger partial charge in [-0.3, -0.25) is 4.68 Å². The average Bonchev–Trinajstić information content (AvgIpc) is 2.66. The first-order chi connectivity index (χ1) is 8.63. The van der Waals surface area contributed by atoms with Crippen LogP contribution in [0.2, 0.25) is 5.02 Å². The lowest BCUT2D eigenvalue weighted by atomic mass is 10.2. The highest BCUT2D eigenvalue weighted by molar-refractivity contribution is 6.31. The van der Waals surface area contributed by atoms with Gasteiger partial charge in [-0.05, 0) is 19.8 Å². The Balaban J connectivity index is 2.58. The van der Waals surface area contributed by atoms with Crippen molar-refractivity contribution in [2.24, 2.45) is 0 Å². The van der Waals surface area contributed by atoms with E-state index in [4.69, 9.17) is 23.2 Å². The van der Waals surface area contributed by atoms with Gasteiger partial charge in [0.1, 0.15) is 0 Å². The fraction of sp³-hybridized carbons (Fsp3) is 0.769. The normalized spacial score (nSPS) is 12.9. The molecule has 1 atom stereocenters. The fourth-order valence-electron chi connectivity index (χ4n) is 1.95. The molecule has 1 aromatic heterocycles. The zero-order valence-corrected chi connectivity index (χ0v) is 13.0. The third-order valence-electron chi connectivity index (χ3n) is 2.95. The Kier molecular flexibility index (Phi) is 7.05. The van der Waals surface area contributed by atoms with Gasteiger partial charge in [-0.25, -0.2) is 0 Å². The fourth-order valence-corrected chi connectivity index (χ4v) is 2.61. The molecule has 0 spiro atoms. The number of halogens is 2. The van der Waals surface area contributed by atoms with Crippen LogP contribution in [0.5, 0.6) is 0 Å². The number of aryl methyl sites for hydroxylation is 2. The molecule has 1 heterocycles. The van der Waals surface area contributed by atoms with Gasteiger partial charge >= 0.3 is 0 Å². The van der Waals surface area contributed by atoms with Gasteiger partial charge in [0.15, 0.2) is 0 Å². The summed E-state index contributed by atoms with van der Waals surface area (Å²) in [5.41, 5.74) is 2.04. The lowest BCUT2D eigenvalue weighted by Crippen LogP contribution is -2.24. The SMILES string of the molecule is CCCC(Cl)CNCc1c(Cl)c(CC)nn1CC. The monoisotopic (exact) mass is 291 g/mol. The first-order valence-electron chi connectivity index (χ1n) is 6.72. The molecule has 104 valence electrons. The number of nitrogens with zero attached hydrogens (tertiary/aromatic N) is 2. The van der Waals surface area contributed by atoms with Gasteiger partial charge < -0.3 is 5.32 Å². The Labute approximate surface area is 120 Å². The molecule has 1 aromatic rings. The van der Waals surface area contributed by atoms with Gasteiger partial charge in [0.05, 0.1) is 16.4 Å². The van der Waals surface area contributed by atoms with Crippen LogP contribution in [0.15, 0.2) is 0 Å². The van der Waals surface area contributed by atoms with Gasteiger partial charge in [0, 0.05) is 25.0 Å². The molecule has 1 unspecified atom stereocenters. The number of aromatic nitrogens is 2. The summed E-state index contributed by atoms with van der Waals surface area (Å²) >= 11 is 12.5. The van der Waals surface area contributed by atoms with Crippen molar-refractivity contribution in [3.63, 3.8) is 0 Å². The van der Waals surface area contributed by atoms with Crippen molar-refractivity contribution in [3.05, 3.63) is 16.4 Å². The molecule has 0 bridgehead atoms. The molecule has 0 fully saturated rings. The molecule has 0 saturated carbocycles.